The second kappa shape index (κ2) is 9.17. The molecule has 0 bridgehead atoms. The third-order valence-electron chi connectivity index (χ3n) is 1.93. The van der Waals surface area contributed by atoms with Crippen molar-refractivity contribution >= 4 is 16.1 Å². The standard InChI is InChI=1S/C8H9O3S.C4H6O2.Na/c1-2-7-3-5-8(6-4-7)12(9,10)11;1-3(2)4(5)6;/h2-5H,1,6H2,(H,9,10,11);1H2,2H3,(H,5,6);/q-1;;+1. The molecule has 1 aliphatic carbocycles. The first-order chi connectivity index (χ1) is 8.18. The minimum atomic E-state index is -4.01. The minimum Gasteiger partial charge on any atom is -0.478 e. The van der Waals surface area contributed by atoms with Crippen molar-refractivity contribution < 1.29 is 52.4 Å². The maximum absolute atomic E-state index is 10.6. The van der Waals surface area contributed by atoms with E-state index in [2.05, 4.69) is 13.2 Å². The van der Waals surface area contributed by atoms with Crippen molar-refractivity contribution in [2.75, 3.05) is 0 Å². The van der Waals surface area contributed by atoms with Crippen molar-refractivity contribution in [2.45, 2.75) is 13.3 Å². The fourth-order valence-corrected chi connectivity index (χ4v) is 1.42. The second-order valence-corrected chi connectivity index (χ2v) is 4.95. The van der Waals surface area contributed by atoms with E-state index in [1.807, 2.05) is 0 Å². The first-order valence-electron chi connectivity index (χ1n) is 4.91. The van der Waals surface area contributed by atoms with E-state index in [0.29, 0.717) is 0 Å². The van der Waals surface area contributed by atoms with E-state index in [1.54, 1.807) is 18.2 Å². The summed E-state index contributed by atoms with van der Waals surface area (Å²) in [7, 11) is -4.01. The van der Waals surface area contributed by atoms with Gasteiger partial charge in [0.05, 0.1) is 0 Å². The molecule has 7 heteroatoms. The van der Waals surface area contributed by atoms with Gasteiger partial charge in [0, 0.05) is 5.57 Å². The van der Waals surface area contributed by atoms with Crippen molar-refractivity contribution in [3.05, 3.63) is 53.9 Å². The summed E-state index contributed by atoms with van der Waals surface area (Å²) in [6.07, 6.45) is 6.52. The normalized spacial score (nSPS) is 13.4. The molecule has 0 saturated heterocycles. The maximum Gasteiger partial charge on any atom is 1.00 e. The Bertz CT molecular complexity index is 490. The first-order valence-corrected chi connectivity index (χ1v) is 6.35. The van der Waals surface area contributed by atoms with Gasteiger partial charge in [-0.25, -0.2) is 25.4 Å². The summed E-state index contributed by atoms with van der Waals surface area (Å²) in [6.45, 7) is 8.13. The molecule has 1 aliphatic rings. The third-order valence-corrected chi connectivity index (χ3v) is 2.90. The second-order valence-electron chi connectivity index (χ2n) is 3.47. The van der Waals surface area contributed by atoms with Crippen LogP contribution < -0.4 is 29.6 Å². The first kappa shape index (κ1) is 20.5. The number of aliphatic carboxylic acids is 1. The van der Waals surface area contributed by atoms with E-state index in [4.69, 9.17) is 9.66 Å². The molecule has 5 nitrogen and oxygen atoms in total. The van der Waals surface area contributed by atoms with Crippen LogP contribution in [0.2, 0.25) is 0 Å². The van der Waals surface area contributed by atoms with Crippen molar-refractivity contribution in [3.8, 4) is 0 Å². The van der Waals surface area contributed by atoms with Crippen molar-refractivity contribution in [1.29, 1.82) is 0 Å². The van der Waals surface area contributed by atoms with Crippen LogP contribution in [0.4, 0.5) is 0 Å². The molecule has 0 aliphatic heterocycles. The summed E-state index contributed by atoms with van der Waals surface area (Å²) in [5.74, 6) is -0.935. The Morgan fingerprint density at radius 2 is 2.00 bits per heavy atom. The summed E-state index contributed by atoms with van der Waals surface area (Å²) in [4.78, 5) is 9.60. The van der Waals surface area contributed by atoms with Crippen LogP contribution in [0, 0.1) is 5.25 Å². The predicted octanol–water partition coefficient (Wildman–Crippen LogP) is -0.870. The van der Waals surface area contributed by atoms with Gasteiger partial charge in [0.1, 0.15) is 0 Å². The molecule has 100 valence electrons. The molecule has 2 N–H and O–H groups in total. The zero-order chi connectivity index (χ0) is 14.3. The van der Waals surface area contributed by atoms with E-state index >= 15 is 0 Å². The molecule has 19 heavy (non-hydrogen) atoms. The van der Waals surface area contributed by atoms with Gasteiger partial charge < -0.3 is 5.11 Å². The molecule has 0 unspecified atom stereocenters. The SMILES string of the molecule is C=C(C)C(=O)O.C=CC1=CC[C-](S(=O)(=O)O)C=C1.[Na+]. The van der Waals surface area contributed by atoms with Gasteiger partial charge in [-0.3, -0.25) is 4.55 Å². The van der Waals surface area contributed by atoms with Crippen LogP contribution in [0.3, 0.4) is 0 Å². The van der Waals surface area contributed by atoms with Gasteiger partial charge in [-0.2, -0.15) is 0 Å². The zero-order valence-electron chi connectivity index (χ0n) is 11.0. The molecular formula is C12H15NaO5S. The number of rotatable bonds is 3. The number of hydrogen-bond donors (Lipinski definition) is 2. The van der Waals surface area contributed by atoms with Gasteiger partial charge in [0.2, 0.25) is 10.1 Å². The summed E-state index contributed by atoms with van der Waals surface area (Å²) in [5, 5.41) is 7.91. The number of carboxylic acids is 1. The molecular weight excluding hydrogens is 279 g/mol. The van der Waals surface area contributed by atoms with Crippen LogP contribution in [0.1, 0.15) is 13.3 Å². The molecule has 0 aromatic heterocycles. The summed E-state index contributed by atoms with van der Waals surface area (Å²) >= 11 is 0. The van der Waals surface area contributed by atoms with E-state index < -0.39 is 16.1 Å². The van der Waals surface area contributed by atoms with Gasteiger partial charge in [-0.05, 0) is 6.92 Å². The molecule has 0 aromatic rings. The van der Waals surface area contributed by atoms with Crippen molar-refractivity contribution in [2.24, 2.45) is 0 Å². The number of allylic oxidation sites excluding steroid dienone is 4. The summed E-state index contributed by atoms with van der Waals surface area (Å²) in [5.41, 5.74) is 1.04. The number of carbonyl (C=O) groups is 1. The maximum atomic E-state index is 10.6. The van der Waals surface area contributed by atoms with E-state index in [9.17, 15) is 13.2 Å². The third kappa shape index (κ3) is 8.85. The molecule has 0 spiro atoms. The Morgan fingerprint density at radius 3 is 2.21 bits per heavy atom. The van der Waals surface area contributed by atoms with Crippen LogP contribution in [-0.2, 0) is 14.9 Å². The predicted molar refractivity (Wildman–Crippen MR) is 69.3 cm³/mol. The average molecular weight is 294 g/mol. The van der Waals surface area contributed by atoms with E-state index in [0.717, 1.165) is 5.57 Å². The van der Waals surface area contributed by atoms with Crippen LogP contribution in [0.15, 0.2) is 48.6 Å². The quantitative estimate of drug-likeness (QED) is 0.305. The van der Waals surface area contributed by atoms with Crippen LogP contribution in [0.5, 0.6) is 0 Å². The molecule has 0 atom stereocenters. The number of hydrogen-bond acceptors (Lipinski definition) is 3. The summed E-state index contributed by atoms with van der Waals surface area (Å²) in [6, 6.07) is 0. The van der Waals surface area contributed by atoms with Gasteiger partial charge in [0.15, 0.2) is 0 Å². The largest absolute Gasteiger partial charge is 1.00 e. The Balaban J connectivity index is 0. The molecule has 0 radical (unpaired) electrons. The molecule has 0 aromatic carbocycles. The average Bonchev–Trinajstić information content (AvgIpc) is 2.28. The Labute approximate surface area is 135 Å². The van der Waals surface area contributed by atoms with Gasteiger partial charge in [-0.15, -0.1) is 18.2 Å². The van der Waals surface area contributed by atoms with Crippen LogP contribution in [0.25, 0.3) is 0 Å². The molecule has 1 rings (SSSR count). The molecule has 0 fully saturated rings. The van der Waals surface area contributed by atoms with E-state index in [-0.39, 0.29) is 46.8 Å². The topological polar surface area (TPSA) is 91.7 Å². The minimum absolute atomic E-state index is 0. The van der Waals surface area contributed by atoms with Crippen molar-refractivity contribution in [3.63, 3.8) is 0 Å². The molecule has 0 heterocycles. The Morgan fingerprint density at radius 1 is 1.53 bits per heavy atom. The summed E-state index contributed by atoms with van der Waals surface area (Å²) < 4.78 is 29.8. The van der Waals surface area contributed by atoms with Crippen molar-refractivity contribution in [1.82, 2.24) is 0 Å². The van der Waals surface area contributed by atoms with Crippen LogP contribution >= 0.6 is 0 Å². The zero-order valence-corrected chi connectivity index (χ0v) is 13.8. The van der Waals surface area contributed by atoms with Gasteiger partial charge in [-0.1, -0.05) is 24.3 Å². The van der Waals surface area contributed by atoms with Gasteiger partial charge >= 0.3 is 35.5 Å². The Hall–Kier alpha value is -0.790. The smallest absolute Gasteiger partial charge is 0.478 e. The molecule has 0 amide bonds. The van der Waals surface area contributed by atoms with Crippen LogP contribution in [-0.4, -0.2) is 24.0 Å². The fourth-order valence-electron chi connectivity index (χ4n) is 0.886. The van der Waals surface area contributed by atoms with E-state index in [1.165, 1.54) is 13.0 Å². The fraction of sp³-hybridized carbons (Fsp3) is 0.167. The number of carboxylic acid groups (broad SMARTS) is 1. The monoisotopic (exact) mass is 294 g/mol. The molecule has 0 saturated carbocycles. The Kier molecular flexibility index (Phi) is 9.90. The van der Waals surface area contributed by atoms with Gasteiger partial charge in [0.25, 0.3) is 0 Å².